The summed E-state index contributed by atoms with van der Waals surface area (Å²) in [6.07, 6.45) is 30.1. The van der Waals surface area contributed by atoms with Crippen LogP contribution in [0, 0.1) is 0 Å². The Labute approximate surface area is 272 Å². The molecule has 0 saturated heterocycles. The Hall–Kier alpha value is 0.748. The minimum atomic E-state index is -0.957. The van der Waals surface area contributed by atoms with E-state index >= 15 is 0 Å². The van der Waals surface area contributed by atoms with Crippen molar-refractivity contribution in [3.63, 3.8) is 0 Å². The van der Waals surface area contributed by atoms with E-state index in [1.807, 2.05) is 6.92 Å². The second-order valence-corrected chi connectivity index (χ2v) is 29.5. The lowest BCUT2D eigenvalue weighted by atomic mass is 10.1. The molecule has 42 heavy (non-hydrogen) atoms. The highest BCUT2D eigenvalue weighted by atomic mass is 28.3. The summed E-state index contributed by atoms with van der Waals surface area (Å²) in [5.41, 5.74) is 0. The third-order valence-corrected chi connectivity index (χ3v) is 18.9. The zero-order chi connectivity index (χ0) is 31.2. The molecule has 7 heteroatoms. The molecule has 0 heterocycles. The molecule has 0 aromatic rings. The van der Waals surface area contributed by atoms with Crippen LogP contribution in [0.4, 0.5) is 0 Å². The van der Waals surface area contributed by atoms with Crippen molar-refractivity contribution < 1.29 is 13.9 Å². The van der Waals surface area contributed by atoms with Gasteiger partial charge in [-0.25, -0.2) is 9.78 Å². The van der Waals surface area contributed by atoms with Gasteiger partial charge in [-0.05, 0) is 32.5 Å². The van der Waals surface area contributed by atoms with Gasteiger partial charge in [-0.3, -0.25) is 0 Å². The van der Waals surface area contributed by atoms with E-state index in [4.69, 9.17) is 13.9 Å². The minimum Gasteiger partial charge on any atom is -0.459 e. The Morgan fingerprint density at radius 2 is 0.786 bits per heavy atom. The van der Waals surface area contributed by atoms with E-state index in [0.717, 1.165) is 22.8 Å². The van der Waals surface area contributed by atoms with Crippen LogP contribution in [0.15, 0.2) is 0 Å². The molecule has 0 aliphatic carbocycles. The van der Waals surface area contributed by atoms with Crippen LogP contribution in [0.3, 0.4) is 0 Å². The molecule has 0 atom stereocenters. The van der Waals surface area contributed by atoms with Gasteiger partial charge in [-0.1, -0.05) is 179 Å². The van der Waals surface area contributed by atoms with E-state index in [9.17, 15) is 0 Å². The van der Waals surface area contributed by atoms with E-state index in [2.05, 4.69) is 39.3 Å². The summed E-state index contributed by atoms with van der Waals surface area (Å²) < 4.78 is 5.81. The molecule has 0 fully saturated rings. The SMILES string of the molecule is CCOOCCCCCCCCCCC[Si](C)(C)CCCCCCCC[Si](C)(C)CCCCCCCC[Si]O[SiH](C)C. The molecular weight excluding hydrogens is 581 g/mol. The maximum atomic E-state index is 5.81. The van der Waals surface area contributed by atoms with Crippen LogP contribution in [0.2, 0.25) is 69.5 Å². The van der Waals surface area contributed by atoms with Crippen LogP contribution < -0.4 is 0 Å². The highest BCUT2D eigenvalue weighted by Crippen LogP contribution is 2.25. The average Bonchev–Trinajstić information content (AvgIpc) is 2.93. The fourth-order valence-corrected chi connectivity index (χ4v) is 13.6. The van der Waals surface area contributed by atoms with Crippen molar-refractivity contribution >= 4 is 35.0 Å². The van der Waals surface area contributed by atoms with E-state index in [1.165, 1.54) is 134 Å². The van der Waals surface area contributed by atoms with Crippen LogP contribution in [0.5, 0.6) is 0 Å². The number of unbranched alkanes of at least 4 members (excludes halogenated alkanes) is 18. The highest BCUT2D eigenvalue weighted by molar-refractivity contribution is 6.77. The molecule has 252 valence electrons. The molecule has 0 unspecified atom stereocenters. The standard InChI is InChI=1S/C35H78O3Si4/c1-8-36-37-30-24-18-12-10-9-11-14-20-26-32-41(4,5)34-28-22-16-17-23-29-35-42(6,7)33-27-21-15-13-19-25-31-39-38-40(2)3/h40H,8-35H2,1-7H3. The van der Waals surface area contributed by atoms with Crippen molar-refractivity contribution in [2.45, 2.75) is 211 Å². The Balaban J connectivity index is 3.48. The lowest BCUT2D eigenvalue weighted by Crippen LogP contribution is -2.24. The van der Waals surface area contributed by atoms with E-state index in [0.29, 0.717) is 6.61 Å². The van der Waals surface area contributed by atoms with Crippen LogP contribution in [-0.2, 0) is 13.9 Å². The molecule has 0 rings (SSSR count). The third kappa shape index (κ3) is 33.6. The number of hydrogen-bond acceptors (Lipinski definition) is 3. The number of hydrogen-bond donors (Lipinski definition) is 0. The van der Waals surface area contributed by atoms with Gasteiger partial charge in [0.1, 0.15) is 0 Å². The van der Waals surface area contributed by atoms with E-state index in [-0.39, 0.29) is 0 Å². The summed E-state index contributed by atoms with van der Waals surface area (Å²) >= 11 is 0. The van der Waals surface area contributed by atoms with Gasteiger partial charge in [0, 0.05) is 16.1 Å². The second kappa shape index (κ2) is 30.4. The van der Waals surface area contributed by atoms with Gasteiger partial charge in [0.05, 0.1) is 13.2 Å². The fraction of sp³-hybridized carbons (Fsp3) is 1.00. The lowest BCUT2D eigenvalue weighted by molar-refractivity contribution is -0.291. The van der Waals surface area contributed by atoms with E-state index in [1.54, 1.807) is 24.2 Å². The van der Waals surface area contributed by atoms with Gasteiger partial charge in [0.25, 0.3) is 0 Å². The maximum absolute atomic E-state index is 5.81. The van der Waals surface area contributed by atoms with Crippen molar-refractivity contribution in [2.24, 2.45) is 0 Å². The van der Waals surface area contributed by atoms with Gasteiger partial charge >= 0.3 is 0 Å². The molecule has 0 aliphatic rings. The predicted molar refractivity (Wildman–Crippen MR) is 199 cm³/mol. The van der Waals surface area contributed by atoms with Gasteiger partial charge in [-0.15, -0.1) is 0 Å². The molecule has 0 bridgehead atoms. The van der Waals surface area contributed by atoms with Crippen LogP contribution in [0.1, 0.15) is 142 Å². The molecule has 0 aromatic carbocycles. The monoisotopic (exact) mass is 659 g/mol. The molecule has 0 amide bonds. The molecule has 0 aliphatic heterocycles. The first kappa shape index (κ1) is 42.7. The molecule has 0 saturated carbocycles. The third-order valence-electron chi connectivity index (χ3n) is 8.94. The van der Waals surface area contributed by atoms with Crippen LogP contribution in [0.25, 0.3) is 0 Å². The maximum Gasteiger partial charge on any atom is 0.214 e. The van der Waals surface area contributed by atoms with Crippen LogP contribution in [-0.4, -0.2) is 48.2 Å². The minimum absolute atomic E-state index is 0.650. The zero-order valence-electron chi connectivity index (χ0n) is 30.1. The summed E-state index contributed by atoms with van der Waals surface area (Å²) in [4.78, 5) is 10.00. The first-order chi connectivity index (χ1) is 20.2. The Kier molecular flexibility index (Phi) is 30.9. The predicted octanol–water partition coefficient (Wildman–Crippen LogP) is 12.6. The molecule has 0 N–H and O–H groups in total. The smallest absolute Gasteiger partial charge is 0.214 e. The zero-order valence-corrected chi connectivity index (χ0v) is 34.3. The summed E-state index contributed by atoms with van der Waals surface area (Å²) in [7, 11) is -1.91. The first-order valence-corrected chi connectivity index (χ1v) is 29.5. The average molecular weight is 659 g/mol. The molecule has 0 aromatic heterocycles. The van der Waals surface area contributed by atoms with Gasteiger partial charge in [0.15, 0.2) is 9.04 Å². The van der Waals surface area contributed by atoms with Crippen molar-refractivity contribution in [1.29, 1.82) is 0 Å². The van der Waals surface area contributed by atoms with Crippen molar-refractivity contribution in [2.75, 3.05) is 13.2 Å². The normalized spacial score (nSPS) is 12.6. The largest absolute Gasteiger partial charge is 0.459 e. The summed E-state index contributed by atoms with van der Waals surface area (Å²) in [6.45, 7) is 18.5. The molecule has 3 nitrogen and oxygen atoms in total. The molecule has 2 radical (unpaired) electrons. The van der Waals surface area contributed by atoms with Gasteiger partial charge in [-0.2, -0.15) is 0 Å². The first-order valence-electron chi connectivity index (χ1n) is 18.8. The van der Waals surface area contributed by atoms with Crippen LogP contribution >= 0.6 is 0 Å². The second-order valence-electron chi connectivity index (χ2n) is 15.0. The van der Waals surface area contributed by atoms with Gasteiger partial charge in [0.2, 0.25) is 9.76 Å². The topological polar surface area (TPSA) is 27.7 Å². The molecule has 0 spiro atoms. The number of rotatable bonds is 34. The van der Waals surface area contributed by atoms with Crippen molar-refractivity contribution in [3.8, 4) is 0 Å². The highest BCUT2D eigenvalue weighted by Gasteiger charge is 2.20. The lowest BCUT2D eigenvalue weighted by Gasteiger charge is -2.23. The van der Waals surface area contributed by atoms with Crippen molar-refractivity contribution in [1.82, 2.24) is 0 Å². The summed E-state index contributed by atoms with van der Waals surface area (Å²) in [5.74, 6) is 0. The Morgan fingerprint density at radius 3 is 1.14 bits per heavy atom. The fourth-order valence-electron chi connectivity index (χ4n) is 6.04. The Morgan fingerprint density at radius 1 is 0.452 bits per heavy atom. The Bertz CT molecular complexity index is 546. The quantitative estimate of drug-likeness (QED) is 0.0298. The van der Waals surface area contributed by atoms with E-state index < -0.39 is 25.2 Å². The molecular formula is C35H78O3Si4. The van der Waals surface area contributed by atoms with Gasteiger partial charge < -0.3 is 4.12 Å². The van der Waals surface area contributed by atoms with Crippen molar-refractivity contribution in [3.05, 3.63) is 0 Å². The summed E-state index contributed by atoms with van der Waals surface area (Å²) in [5, 5.41) is 0. The summed E-state index contributed by atoms with van der Waals surface area (Å²) in [6, 6.07) is 7.56.